The second-order valence-corrected chi connectivity index (χ2v) is 9.03. The van der Waals surface area contributed by atoms with Crippen LogP contribution in [0.4, 0.5) is 0 Å². The zero-order valence-corrected chi connectivity index (χ0v) is 16.6. The highest BCUT2D eigenvalue weighted by Gasteiger charge is 2.44. The van der Waals surface area contributed by atoms with Gasteiger partial charge in [-0.05, 0) is 60.8 Å². The van der Waals surface area contributed by atoms with Crippen molar-refractivity contribution >= 4 is 10.9 Å². The zero-order chi connectivity index (χ0) is 18.8. The summed E-state index contributed by atoms with van der Waals surface area (Å²) in [7, 11) is 1.95. The van der Waals surface area contributed by atoms with Crippen molar-refractivity contribution < 1.29 is 4.74 Å². The molecule has 28 heavy (non-hydrogen) atoms. The SMILES string of the molecule is Cc1cc2cnn(-c3cnn(C)c3)c2cc1C1CC2CN(C3COC3)C[C@H]2C1. The maximum absolute atomic E-state index is 5.40. The van der Waals surface area contributed by atoms with Gasteiger partial charge in [-0.15, -0.1) is 0 Å². The molecule has 3 atom stereocenters. The fourth-order valence-electron chi connectivity index (χ4n) is 5.69. The summed E-state index contributed by atoms with van der Waals surface area (Å²) in [5.74, 6) is 2.38. The number of aryl methyl sites for hydroxylation is 2. The van der Waals surface area contributed by atoms with E-state index in [2.05, 4.69) is 34.2 Å². The average Bonchev–Trinajstić information content (AvgIpc) is 3.35. The molecule has 6 nitrogen and oxygen atoms in total. The van der Waals surface area contributed by atoms with Gasteiger partial charge in [-0.2, -0.15) is 10.2 Å². The summed E-state index contributed by atoms with van der Waals surface area (Å²) < 4.78 is 9.26. The van der Waals surface area contributed by atoms with Crippen LogP contribution in [0.25, 0.3) is 16.6 Å². The van der Waals surface area contributed by atoms with Crippen LogP contribution in [-0.4, -0.2) is 56.8 Å². The number of hydrogen-bond donors (Lipinski definition) is 0. The minimum atomic E-state index is 0.677. The average molecular weight is 377 g/mol. The lowest BCUT2D eigenvalue weighted by molar-refractivity contribution is -0.0594. The topological polar surface area (TPSA) is 48.1 Å². The smallest absolute Gasteiger partial charge is 0.103 e. The molecular formula is C22H27N5O. The lowest BCUT2D eigenvalue weighted by Gasteiger charge is -2.35. The summed E-state index contributed by atoms with van der Waals surface area (Å²) in [6.07, 6.45) is 8.51. The van der Waals surface area contributed by atoms with Crippen LogP contribution in [0.15, 0.2) is 30.7 Å². The molecule has 2 aliphatic heterocycles. The van der Waals surface area contributed by atoms with E-state index in [-0.39, 0.29) is 0 Å². The molecule has 0 radical (unpaired) electrons. The number of aromatic nitrogens is 4. The lowest BCUT2D eigenvalue weighted by Crippen LogP contribution is -2.48. The van der Waals surface area contributed by atoms with Gasteiger partial charge in [0.25, 0.3) is 0 Å². The third-order valence-corrected chi connectivity index (χ3v) is 7.25. The zero-order valence-electron chi connectivity index (χ0n) is 16.6. The third-order valence-electron chi connectivity index (χ3n) is 7.25. The molecule has 0 N–H and O–H groups in total. The number of rotatable bonds is 3. The Kier molecular flexibility index (Phi) is 3.68. The normalized spacial score (nSPS) is 28.1. The molecule has 3 aromatic rings. The highest BCUT2D eigenvalue weighted by Crippen LogP contribution is 2.48. The standard InChI is InChI=1S/C22H27N5O/c1-14-3-16-7-24-27(19-8-23-25(2)11-19)22(16)6-21(14)15-4-17-9-26(10-18(17)5-15)20-12-28-13-20/h3,6-8,11,15,17-18,20H,4-5,9-10,12-13H2,1-2H3/t15?,17-,18?/m1/s1. The van der Waals surface area contributed by atoms with Gasteiger partial charge in [-0.25, -0.2) is 4.68 Å². The Balaban J connectivity index is 1.29. The molecule has 3 aliphatic rings. The molecule has 0 amide bonds. The summed E-state index contributed by atoms with van der Waals surface area (Å²) in [4.78, 5) is 2.68. The maximum atomic E-state index is 5.40. The number of benzene rings is 1. The number of hydrogen-bond acceptors (Lipinski definition) is 4. The molecule has 1 aliphatic carbocycles. The quantitative estimate of drug-likeness (QED) is 0.704. The summed E-state index contributed by atoms with van der Waals surface area (Å²) in [6.45, 7) is 6.68. The highest BCUT2D eigenvalue weighted by molar-refractivity contribution is 5.82. The molecule has 146 valence electrons. The van der Waals surface area contributed by atoms with Crippen LogP contribution in [0, 0.1) is 18.8 Å². The van der Waals surface area contributed by atoms with Gasteiger partial charge in [0.2, 0.25) is 0 Å². The fourth-order valence-corrected chi connectivity index (χ4v) is 5.69. The van der Waals surface area contributed by atoms with Gasteiger partial charge < -0.3 is 4.74 Å². The van der Waals surface area contributed by atoms with Crippen molar-refractivity contribution in [2.45, 2.75) is 31.7 Å². The largest absolute Gasteiger partial charge is 0.378 e. The Morgan fingerprint density at radius 3 is 2.46 bits per heavy atom. The predicted octanol–water partition coefficient (Wildman–Crippen LogP) is 2.89. The molecule has 0 bridgehead atoms. The fraction of sp³-hybridized carbons (Fsp3) is 0.545. The molecular weight excluding hydrogens is 350 g/mol. The van der Waals surface area contributed by atoms with Crippen LogP contribution >= 0.6 is 0 Å². The van der Waals surface area contributed by atoms with Crippen LogP contribution < -0.4 is 0 Å². The Bertz CT molecular complexity index is 1020. The third kappa shape index (κ3) is 2.54. The molecule has 6 heteroatoms. The minimum absolute atomic E-state index is 0.677. The van der Waals surface area contributed by atoms with E-state index in [0.717, 1.165) is 30.7 Å². The Labute approximate surface area is 165 Å². The van der Waals surface area contributed by atoms with Gasteiger partial charge in [0.1, 0.15) is 5.69 Å². The first-order valence-electron chi connectivity index (χ1n) is 10.4. The molecule has 0 spiro atoms. The molecule has 1 aromatic carbocycles. The van der Waals surface area contributed by atoms with Gasteiger partial charge in [-0.1, -0.05) is 0 Å². The van der Waals surface area contributed by atoms with Crippen LogP contribution in [0.1, 0.15) is 29.9 Å². The monoisotopic (exact) mass is 377 g/mol. The van der Waals surface area contributed by atoms with E-state index in [9.17, 15) is 0 Å². The second kappa shape index (κ2) is 6.16. The van der Waals surface area contributed by atoms with Crippen LogP contribution in [0.5, 0.6) is 0 Å². The lowest BCUT2D eigenvalue weighted by atomic mass is 9.91. The van der Waals surface area contributed by atoms with E-state index >= 15 is 0 Å². The summed E-state index contributed by atoms with van der Waals surface area (Å²) in [6, 6.07) is 5.40. The highest BCUT2D eigenvalue weighted by atomic mass is 16.5. The summed E-state index contributed by atoms with van der Waals surface area (Å²) in [5, 5.41) is 10.2. The number of ether oxygens (including phenoxy) is 1. The molecule has 1 saturated carbocycles. The minimum Gasteiger partial charge on any atom is -0.378 e. The molecule has 4 heterocycles. The molecule has 3 fully saturated rings. The van der Waals surface area contributed by atoms with Crippen molar-refractivity contribution in [2.75, 3.05) is 26.3 Å². The van der Waals surface area contributed by atoms with E-state index in [4.69, 9.17) is 4.74 Å². The first kappa shape index (κ1) is 16.7. The van der Waals surface area contributed by atoms with Gasteiger partial charge in [0, 0.05) is 25.5 Å². The molecule has 2 unspecified atom stereocenters. The van der Waals surface area contributed by atoms with Gasteiger partial charge in [0.05, 0.1) is 43.4 Å². The Morgan fingerprint density at radius 2 is 1.82 bits per heavy atom. The molecule has 6 rings (SSSR count). The van der Waals surface area contributed by atoms with Crippen LogP contribution in [-0.2, 0) is 11.8 Å². The van der Waals surface area contributed by atoms with Gasteiger partial charge >= 0.3 is 0 Å². The van der Waals surface area contributed by atoms with E-state index in [1.807, 2.05) is 35.0 Å². The first-order chi connectivity index (χ1) is 13.7. The number of nitrogens with zero attached hydrogens (tertiary/aromatic N) is 5. The Morgan fingerprint density at radius 1 is 1.04 bits per heavy atom. The van der Waals surface area contributed by atoms with Crippen molar-refractivity contribution in [3.8, 4) is 5.69 Å². The van der Waals surface area contributed by atoms with Gasteiger partial charge in [-0.3, -0.25) is 9.58 Å². The van der Waals surface area contributed by atoms with E-state index in [0.29, 0.717) is 12.0 Å². The molecule has 2 saturated heterocycles. The first-order valence-corrected chi connectivity index (χ1v) is 10.4. The van der Waals surface area contributed by atoms with E-state index < -0.39 is 0 Å². The van der Waals surface area contributed by atoms with Gasteiger partial charge in [0.15, 0.2) is 0 Å². The number of fused-ring (bicyclic) bond motifs is 2. The molecule has 2 aromatic heterocycles. The summed E-state index contributed by atoms with van der Waals surface area (Å²) in [5.41, 5.74) is 5.14. The van der Waals surface area contributed by atoms with Crippen molar-refractivity contribution in [3.63, 3.8) is 0 Å². The summed E-state index contributed by atoms with van der Waals surface area (Å²) >= 11 is 0. The van der Waals surface area contributed by atoms with Crippen molar-refractivity contribution in [1.29, 1.82) is 0 Å². The second-order valence-electron chi connectivity index (χ2n) is 9.03. The number of likely N-dealkylation sites (tertiary alicyclic amines) is 1. The van der Waals surface area contributed by atoms with E-state index in [1.165, 1.54) is 48.0 Å². The predicted molar refractivity (Wildman–Crippen MR) is 108 cm³/mol. The van der Waals surface area contributed by atoms with E-state index in [1.54, 1.807) is 0 Å². The van der Waals surface area contributed by atoms with Crippen LogP contribution in [0.2, 0.25) is 0 Å². The van der Waals surface area contributed by atoms with Crippen molar-refractivity contribution in [3.05, 3.63) is 41.9 Å². The Hall–Kier alpha value is -2.18. The maximum Gasteiger partial charge on any atom is 0.103 e. The van der Waals surface area contributed by atoms with Crippen molar-refractivity contribution in [1.82, 2.24) is 24.5 Å². The van der Waals surface area contributed by atoms with Crippen molar-refractivity contribution in [2.24, 2.45) is 18.9 Å². The van der Waals surface area contributed by atoms with Crippen LogP contribution in [0.3, 0.4) is 0 Å².